The normalized spacial score (nSPS) is 27.9. The largest absolute Gasteiger partial charge is 0.396 e. The Morgan fingerprint density at radius 2 is 2.21 bits per heavy atom. The lowest BCUT2D eigenvalue weighted by Gasteiger charge is -2.46. The van der Waals surface area contributed by atoms with E-state index in [0.717, 1.165) is 35.8 Å². The molecule has 0 amide bonds. The minimum atomic E-state index is -0.590. The highest BCUT2D eigenvalue weighted by Gasteiger charge is 2.46. The van der Waals surface area contributed by atoms with Crippen LogP contribution in [0.3, 0.4) is 0 Å². The van der Waals surface area contributed by atoms with E-state index in [2.05, 4.69) is 23.4 Å². The SMILES string of the molecule is CC1CC2(CC(c3cnn(CC(C)(CO)CO)c3)N1)OCCc1cc(Cl)sc12. The molecule has 2 aliphatic rings. The van der Waals surface area contributed by atoms with Crippen molar-refractivity contribution in [3.8, 4) is 0 Å². The van der Waals surface area contributed by atoms with Crippen LogP contribution in [0.5, 0.6) is 0 Å². The van der Waals surface area contributed by atoms with Crippen LogP contribution in [0.15, 0.2) is 18.5 Å². The predicted octanol–water partition coefficient (Wildman–Crippen LogP) is 2.87. The second-order valence-electron chi connectivity index (χ2n) is 8.62. The number of piperidine rings is 1. The summed E-state index contributed by atoms with van der Waals surface area (Å²) in [6.07, 6.45) is 6.58. The number of hydrogen-bond donors (Lipinski definition) is 3. The molecule has 0 aliphatic carbocycles. The van der Waals surface area contributed by atoms with E-state index in [4.69, 9.17) is 16.3 Å². The van der Waals surface area contributed by atoms with Crippen LogP contribution in [0.2, 0.25) is 4.34 Å². The van der Waals surface area contributed by atoms with E-state index in [1.807, 2.05) is 24.0 Å². The number of ether oxygens (including phenoxy) is 1. The van der Waals surface area contributed by atoms with Gasteiger partial charge in [-0.3, -0.25) is 4.68 Å². The third-order valence-electron chi connectivity index (χ3n) is 5.96. The van der Waals surface area contributed by atoms with Gasteiger partial charge in [-0.2, -0.15) is 5.10 Å². The van der Waals surface area contributed by atoms with Crippen LogP contribution in [0, 0.1) is 5.41 Å². The Balaban J connectivity index is 1.59. The maximum atomic E-state index is 9.56. The fourth-order valence-corrected chi connectivity index (χ4v) is 5.92. The minimum absolute atomic E-state index is 0.0870. The van der Waals surface area contributed by atoms with Crippen molar-refractivity contribution in [3.63, 3.8) is 0 Å². The molecule has 3 N–H and O–H groups in total. The first-order valence-electron chi connectivity index (χ1n) is 9.79. The van der Waals surface area contributed by atoms with Crippen molar-refractivity contribution in [1.82, 2.24) is 15.1 Å². The van der Waals surface area contributed by atoms with E-state index < -0.39 is 5.41 Å². The molecule has 1 fully saturated rings. The molecule has 2 aliphatic heterocycles. The molecule has 0 bridgehead atoms. The van der Waals surface area contributed by atoms with Gasteiger partial charge in [0.25, 0.3) is 0 Å². The molecule has 4 heterocycles. The first-order chi connectivity index (χ1) is 13.4. The van der Waals surface area contributed by atoms with Crippen LogP contribution in [0.4, 0.5) is 0 Å². The lowest BCUT2D eigenvalue weighted by molar-refractivity contribution is -0.0954. The summed E-state index contributed by atoms with van der Waals surface area (Å²) in [7, 11) is 0. The van der Waals surface area contributed by atoms with Crippen LogP contribution in [0.25, 0.3) is 0 Å². The van der Waals surface area contributed by atoms with E-state index >= 15 is 0 Å². The Labute approximate surface area is 174 Å². The Morgan fingerprint density at radius 1 is 1.43 bits per heavy atom. The summed E-state index contributed by atoms with van der Waals surface area (Å²) in [4.78, 5) is 1.28. The van der Waals surface area contributed by atoms with Gasteiger partial charge in [-0.15, -0.1) is 11.3 Å². The molecular weight excluding hydrogens is 398 g/mol. The highest BCUT2D eigenvalue weighted by Crippen LogP contribution is 2.49. The van der Waals surface area contributed by atoms with Crippen molar-refractivity contribution in [2.75, 3.05) is 19.8 Å². The summed E-state index contributed by atoms with van der Waals surface area (Å²) < 4.78 is 9.05. The number of aliphatic hydroxyl groups excluding tert-OH is 2. The molecule has 2 aromatic heterocycles. The van der Waals surface area contributed by atoms with Crippen molar-refractivity contribution in [3.05, 3.63) is 38.8 Å². The van der Waals surface area contributed by atoms with Gasteiger partial charge in [0.1, 0.15) is 5.60 Å². The number of aliphatic hydroxyl groups is 2. The summed E-state index contributed by atoms with van der Waals surface area (Å²) in [5.74, 6) is 0. The number of halogens is 1. The predicted molar refractivity (Wildman–Crippen MR) is 110 cm³/mol. The summed E-state index contributed by atoms with van der Waals surface area (Å²) >= 11 is 7.98. The van der Waals surface area contributed by atoms with E-state index in [-0.39, 0.29) is 24.9 Å². The van der Waals surface area contributed by atoms with Crippen molar-refractivity contribution < 1.29 is 14.9 Å². The van der Waals surface area contributed by atoms with Gasteiger partial charge in [-0.25, -0.2) is 0 Å². The van der Waals surface area contributed by atoms with Gasteiger partial charge in [-0.1, -0.05) is 18.5 Å². The topological polar surface area (TPSA) is 79.5 Å². The lowest BCUT2D eigenvalue weighted by Crippen LogP contribution is -2.49. The van der Waals surface area contributed by atoms with Crippen LogP contribution in [-0.4, -0.2) is 45.9 Å². The number of nitrogens with one attached hydrogen (secondary N) is 1. The van der Waals surface area contributed by atoms with E-state index in [1.54, 1.807) is 11.3 Å². The van der Waals surface area contributed by atoms with Crippen molar-refractivity contribution in [2.24, 2.45) is 5.41 Å². The average molecular weight is 426 g/mol. The Morgan fingerprint density at radius 3 is 2.96 bits per heavy atom. The fourth-order valence-electron chi connectivity index (χ4n) is 4.46. The molecule has 1 saturated heterocycles. The van der Waals surface area contributed by atoms with Gasteiger partial charge in [0.05, 0.1) is 36.9 Å². The number of rotatable bonds is 5. The van der Waals surface area contributed by atoms with Crippen LogP contribution < -0.4 is 5.32 Å². The Kier molecular flexibility index (Phi) is 5.59. The van der Waals surface area contributed by atoms with Crippen LogP contribution >= 0.6 is 22.9 Å². The van der Waals surface area contributed by atoms with Crippen LogP contribution in [0.1, 0.15) is 48.7 Å². The number of hydrogen-bond acceptors (Lipinski definition) is 6. The molecule has 1 spiro atoms. The fraction of sp³-hybridized carbons (Fsp3) is 0.650. The Bertz CT molecular complexity index is 835. The number of fused-ring (bicyclic) bond motifs is 2. The average Bonchev–Trinajstić information content (AvgIpc) is 3.28. The summed E-state index contributed by atoms with van der Waals surface area (Å²) in [6, 6.07) is 2.52. The molecule has 0 aromatic carbocycles. The van der Waals surface area contributed by atoms with Crippen molar-refractivity contribution in [2.45, 2.75) is 57.3 Å². The van der Waals surface area contributed by atoms with Gasteiger partial charge in [0.15, 0.2) is 0 Å². The molecule has 2 aromatic rings. The van der Waals surface area contributed by atoms with E-state index in [0.29, 0.717) is 12.6 Å². The maximum Gasteiger partial charge on any atom is 0.106 e. The number of nitrogens with zero attached hydrogens (tertiary/aromatic N) is 2. The van der Waals surface area contributed by atoms with Gasteiger partial charge < -0.3 is 20.3 Å². The van der Waals surface area contributed by atoms with Gasteiger partial charge in [0, 0.05) is 40.6 Å². The monoisotopic (exact) mass is 425 g/mol. The van der Waals surface area contributed by atoms with Crippen molar-refractivity contribution >= 4 is 22.9 Å². The quantitative estimate of drug-likeness (QED) is 0.686. The van der Waals surface area contributed by atoms with Gasteiger partial charge >= 0.3 is 0 Å². The van der Waals surface area contributed by atoms with E-state index in [1.165, 1.54) is 10.4 Å². The zero-order valence-corrected chi connectivity index (χ0v) is 17.9. The second kappa shape index (κ2) is 7.70. The molecule has 0 saturated carbocycles. The second-order valence-corrected chi connectivity index (χ2v) is 10.3. The molecule has 3 atom stereocenters. The molecular formula is C20H28ClN3O3S. The maximum absolute atomic E-state index is 9.56. The molecule has 4 rings (SSSR count). The molecule has 154 valence electrons. The summed E-state index contributed by atoms with van der Waals surface area (Å²) in [5, 5.41) is 27.3. The number of aromatic nitrogens is 2. The smallest absolute Gasteiger partial charge is 0.106 e. The highest BCUT2D eigenvalue weighted by molar-refractivity contribution is 7.16. The third kappa shape index (κ3) is 3.76. The molecule has 6 nitrogen and oxygen atoms in total. The zero-order chi connectivity index (χ0) is 19.9. The minimum Gasteiger partial charge on any atom is -0.396 e. The van der Waals surface area contributed by atoms with Crippen molar-refractivity contribution in [1.29, 1.82) is 0 Å². The van der Waals surface area contributed by atoms with E-state index in [9.17, 15) is 10.2 Å². The summed E-state index contributed by atoms with van der Waals surface area (Å²) in [5.41, 5.74) is 1.54. The van der Waals surface area contributed by atoms with Crippen LogP contribution in [-0.2, 0) is 23.3 Å². The lowest BCUT2D eigenvalue weighted by atomic mass is 9.78. The van der Waals surface area contributed by atoms with Gasteiger partial charge in [-0.05, 0) is 31.4 Å². The van der Waals surface area contributed by atoms with Gasteiger partial charge in [0.2, 0.25) is 0 Å². The first-order valence-corrected chi connectivity index (χ1v) is 11.0. The third-order valence-corrected chi connectivity index (χ3v) is 7.45. The molecule has 8 heteroatoms. The summed E-state index contributed by atoms with van der Waals surface area (Å²) in [6.45, 7) is 5.06. The zero-order valence-electron chi connectivity index (χ0n) is 16.3. The standard InChI is InChI=1S/C20H28ClN3O3S/c1-13-6-20(18-14(3-4-27-20)5-17(21)28-18)7-16(23-13)15-8-22-24(9-15)10-19(2,11-25)12-26/h5,8-9,13,16,23,25-26H,3-4,6-7,10-12H2,1-2H3. The highest BCUT2D eigenvalue weighted by atomic mass is 35.5. The molecule has 3 unspecified atom stereocenters. The molecule has 0 radical (unpaired) electrons. The first kappa shape index (κ1) is 20.3. The number of thiophene rings is 1. The Hall–Kier alpha value is -0.960. The molecule has 28 heavy (non-hydrogen) atoms.